The van der Waals surface area contributed by atoms with Crippen molar-refractivity contribution in [2.24, 2.45) is 11.3 Å². The first kappa shape index (κ1) is 20.4. The number of rotatable bonds is 9. The summed E-state index contributed by atoms with van der Waals surface area (Å²) in [6.45, 7) is 7.76. The summed E-state index contributed by atoms with van der Waals surface area (Å²) in [7, 11) is 6.43. The molecule has 0 spiro atoms. The van der Waals surface area contributed by atoms with Crippen molar-refractivity contribution in [2.45, 2.75) is 58.4 Å². The third-order valence-electron chi connectivity index (χ3n) is 5.64. The molecule has 5 nitrogen and oxygen atoms in total. The summed E-state index contributed by atoms with van der Waals surface area (Å²) in [5, 5.41) is 17.1. The van der Waals surface area contributed by atoms with Crippen molar-refractivity contribution in [2.75, 3.05) is 40.8 Å². The molecule has 144 valence electrons. The smallest absolute Gasteiger partial charge is 0.0535 e. The van der Waals surface area contributed by atoms with E-state index in [-0.39, 0.29) is 12.0 Å². The molecule has 1 aliphatic carbocycles. The third-order valence-corrected chi connectivity index (χ3v) is 5.64. The molecule has 1 aliphatic rings. The molecule has 0 aromatic carbocycles. The minimum atomic E-state index is 0.0613. The van der Waals surface area contributed by atoms with Gasteiger partial charge in [0.15, 0.2) is 0 Å². The molecule has 5 heteroatoms. The van der Waals surface area contributed by atoms with Crippen molar-refractivity contribution < 1.29 is 5.11 Å². The molecule has 0 saturated heterocycles. The van der Waals surface area contributed by atoms with Crippen LogP contribution in [0.2, 0.25) is 0 Å². The normalized spacial score (nSPS) is 22.1. The lowest BCUT2D eigenvalue weighted by molar-refractivity contribution is 0.116. The summed E-state index contributed by atoms with van der Waals surface area (Å²) in [6, 6.07) is 0. The number of aliphatic hydroxyl groups excluding tert-OH is 1. The first-order valence-electron chi connectivity index (χ1n) is 9.77. The molecule has 1 fully saturated rings. The van der Waals surface area contributed by atoms with E-state index in [0.29, 0.717) is 5.92 Å². The van der Waals surface area contributed by atoms with E-state index in [0.717, 1.165) is 32.0 Å². The van der Waals surface area contributed by atoms with Crippen LogP contribution in [0.4, 0.5) is 0 Å². The number of hydrogen-bond donors (Lipinski definition) is 2. The fourth-order valence-corrected chi connectivity index (χ4v) is 4.04. The van der Waals surface area contributed by atoms with E-state index in [4.69, 9.17) is 0 Å². The number of hydrogen-bond acceptors (Lipinski definition) is 4. The zero-order valence-corrected chi connectivity index (χ0v) is 16.9. The second kappa shape index (κ2) is 9.15. The molecule has 0 radical (unpaired) electrons. The zero-order valence-electron chi connectivity index (χ0n) is 16.9. The summed E-state index contributed by atoms with van der Waals surface area (Å²) in [4.78, 5) is 4.60. The predicted octanol–water partition coefficient (Wildman–Crippen LogP) is 3.09. The van der Waals surface area contributed by atoms with Gasteiger partial charge in [0, 0.05) is 43.4 Å². The molecule has 0 unspecified atom stereocenters. The molecular formula is C20H38N4O. The Morgan fingerprint density at radius 3 is 2.44 bits per heavy atom. The van der Waals surface area contributed by atoms with Gasteiger partial charge in [0.05, 0.1) is 6.20 Å². The summed E-state index contributed by atoms with van der Waals surface area (Å²) < 4.78 is 0. The molecule has 1 aromatic heterocycles. The second-order valence-corrected chi connectivity index (χ2v) is 9.09. The lowest BCUT2D eigenvalue weighted by Gasteiger charge is -2.33. The number of aromatic nitrogens is 2. The molecule has 1 saturated carbocycles. The van der Waals surface area contributed by atoms with Gasteiger partial charge in [-0.3, -0.25) is 5.10 Å². The van der Waals surface area contributed by atoms with Crippen LogP contribution in [-0.4, -0.2) is 65.9 Å². The largest absolute Gasteiger partial charge is 0.396 e. The zero-order chi connectivity index (χ0) is 18.4. The van der Waals surface area contributed by atoms with Crippen LogP contribution in [0.3, 0.4) is 0 Å². The molecule has 0 aliphatic heterocycles. The van der Waals surface area contributed by atoms with E-state index in [1.807, 2.05) is 6.20 Å². The standard InChI is InChI=1S/C20H38N4O/c1-20(2,15-25)12-16-6-8-17(9-7-16)19-18(13-21-22-19)14-24(5)11-10-23(3)4/h13,16-17,25H,6-12,14-15H2,1-5H3,(H,21,22). The van der Waals surface area contributed by atoms with Crippen LogP contribution >= 0.6 is 0 Å². The highest BCUT2D eigenvalue weighted by Crippen LogP contribution is 2.40. The van der Waals surface area contributed by atoms with Crippen LogP contribution < -0.4 is 0 Å². The number of aliphatic hydroxyl groups is 1. The highest BCUT2D eigenvalue weighted by molar-refractivity contribution is 5.21. The summed E-state index contributed by atoms with van der Waals surface area (Å²) in [6.07, 6.45) is 8.17. The van der Waals surface area contributed by atoms with Gasteiger partial charge in [-0.2, -0.15) is 5.10 Å². The molecule has 2 rings (SSSR count). The van der Waals surface area contributed by atoms with Crippen LogP contribution in [0.1, 0.15) is 63.1 Å². The van der Waals surface area contributed by atoms with Crippen molar-refractivity contribution in [3.05, 3.63) is 17.5 Å². The number of likely N-dealkylation sites (N-methyl/N-ethyl adjacent to an activating group) is 2. The topological polar surface area (TPSA) is 55.4 Å². The van der Waals surface area contributed by atoms with Gasteiger partial charge in [-0.05, 0) is 64.6 Å². The minimum absolute atomic E-state index is 0.0613. The quantitative estimate of drug-likeness (QED) is 0.719. The lowest BCUT2D eigenvalue weighted by Crippen LogP contribution is -2.28. The van der Waals surface area contributed by atoms with Crippen LogP contribution in [0, 0.1) is 11.3 Å². The second-order valence-electron chi connectivity index (χ2n) is 9.09. The molecule has 1 heterocycles. The third kappa shape index (κ3) is 6.39. The Hall–Kier alpha value is -0.910. The predicted molar refractivity (Wildman–Crippen MR) is 104 cm³/mol. The molecule has 0 atom stereocenters. The molecular weight excluding hydrogens is 312 g/mol. The van der Waals surface area contributed by atoms with Gasteiger partial charge in [-0.1, -0.05) is 13.8 Å². The van der Waals surface area contributed by atoms with Crippen LogP contribution in [-0.2, 0) is 6.54 Å². The van der Waals surface area contributed by atoms with Gasteiger partial charge < -0.3 is 14.9 Å². The summed E-state index contributed by atoms with van der Waals surface area (Å²) in [5.41, 5.74) is 2.78. The maximum absolute atomic E-state index is 9.50. The Bertz CT molecular complexity index is 504. The van der Waals surface area contributed by atoms with E-state index in [9.17, 15) is 5.11 Å². The molecule has 25 heavy (non-hydrogen) atoms. The highest BCUT2D eigenvalue weighted by atomic mass is 16.3. The number of nitrogens with zero attached hydrogens (tertiary/aromatic N) is 3. The van der Waals surface area contributed by atoms with Gasteiger partial charge in [-0.25, -0.2) is 0 Å². The van der Waals surface area contributed by atoms with E-state index in [2.05, 4.69) is 55.0 Å². The average molecular weight is 351 g/mol. The average Bonchev–Trinajstić information content (AvgIpc) is 3.01. The van der Waals surface area contributed by atoms with Crippen molar-refractivity contribution in [3.8, 4) is 0 Å². The van der Waals surface area contributed by atoms with E-state index in [1.165, 1.54) is 36.9 Å². The van der Waals surface area contributed by atoms with Crippen LogP contribution in [0.15, 0.2) is 6.20 Å². The molecule has 1 aromatic rings. The van der Waals surface area contributed by atoms with Gasteiger partial charge in [0.2, 0.25) is 0 Å². The van der Waals surface area contributed by atoms with E-state index in [1.54, 1.807) is 0 Å². The Kier molecular flexibility index (Phi) is 7.47. The number of H-pyrrole nitrogens is 1. The molecule has 0 bridgehead atoms. The number of nitrogens with one attached hydrogen (secondary N) is 1. The lowest BCUT2D eigenvalue weighted by atomic mass is 9.73. The molecule has 2 N–H and O–H groups in total. The first-order chi connectivity index (χ1) is 11.8. The van der Waals surface area contributed by atoms with Gasteiger partial charge >= 0.3 is 0 Å². The van der Waals surface area contributed by atoms with Crippen molar-refractivity contribution >= 4 is 0 Å². The Morgan fingerprint density at radius 2 is 1.84 bits per heavy atom. The van der Waals surface area contributed by atoms with Crippen LogP contribution in [0.5, 0.6) is 0 Å². The Balaban J connectivity index is 1.86. The summed E-state index contributed by atoms with van der Waals surface area (Å²) in [5.74, 6) is 1.38. The van der Waals surface area contributed by atoms with Crippen LogP contribution in [0.25, 0.3) is 0 Å². The Labute approximate surface area is 153 Å². The fourth-order valence-electron chi connectivity index (χ4n) is 4.04. The van der Waals surface area contributed by atoms with Gasteiger partial charge in [0.1, 0.15) is 0 Å². The van der Waals surface area contributed by atoms with Crippen molar-refractivity contribution in [3.63, 3.8) is 0 Å². The van der Waals surface area contributed by atoms with Gasteiger partial charge in [-0.15, -0.1) is 0 Å². The minimum Gasteiger partial charge on any atom is -0.396 e. The van der Waals surface area contributed by atoms with Crippen molar-refractivity contribution in [1.29, 1.82) is 0 Å². The fraction of sp³-hybridized carbons (Fsp3) is 0.850. The maximum Gasteiger partial charge on any atom is 0.0535 e. The SMILES string of the molecule is CN(C)CCN(C)Cc1cn[nH]c1C1CCC(CC(C)(C)CO)CC1. The monoisotopic (exact) mass is 350 g/mol. The Morgan fingerprint density at radius 1 is 1.16 bits per heavy atom. The first-order valence-corrected chi connectivity index (χ1v) is 9.77. The maximum atomic E-state index is 9.50. The highest BCUT2D eigenvalue weighted by Gasteiger charge is 2.29. The van der Waals surface area contributed by atoms with Crippen molar-refractivity contribution in [1.82, 2.24) is 20.0 Å². The van der Waals surface area contributed by atoms with E-state index < -0.39 is 0 Å². The molecule has 0 amide bonds. The summed E-state index contributed by atoms with van der Waals surface area (Å²) >= 11 is 0. The number of aromatic amines is 1. The van der Waals surface area contributed by atoms with Gasteiger partial charge in [0.25, 0.3) is 0 Å². The van der Waals surface area contributed by atoms with E-state index >= 15 is 0 Å².